The minimum Gasteiger partial charge on any atom is -0.495 e. The highest BCUT2D eigenvalue weighted by molar-refractivity contribution is 6.32. The monoisotopic (exact) mass is 314 g/mol. The number of alkyl halides is 1. The van der Waals surface area contributed by atoms with E-state index >= 15 is 0 Å². The SMILES string of the molecule is COc1ccc(C(Cl)C2(CC(C)C)CCCC2)cc1Cl. The summed E-state index contributed by atoms with van der Waals surface area (Å²) in [5.74, 6) is 1.38. The Morgan fingerprint density at radius 2 is 1.90 bits per heavy atom. The van der Waals surface area contributed by atoms with E-state index in [0.29, 0.717) is 16.7 Å². The Bertz CT molecular complexity index is 450. The first kappa shape index (κ1) is 16.0. The first-order valence-corrected chi connectivity index (χ1v) is 8.27. The van der Waals surface area contributed by atoms with Crippen molar-refractivity contribution >= 4 is 23.2 Å². The molecule has 0 amide bonds. The van der Waals surface area contributed by atoms with Gasteiger partial charge in [-0.1, -0.05) is 44.4 Å². The summed E-state index contributed by atoms with van der Waals surface area (Å²) in [6, 6.07) is 5.95. The van der Waals surface area contributed by atoms with Crippen molar-refractivity contribution in [3.05, 3.63) is 28.8 Å². The van der Waals surface area contributed by atoms with Crippen molar-refractivity contribution < 1.29 is 4.74 Å². The standard InChI is InChI=1S/C17H24Cl2O/c1-12(2)11-17(8-4-5-9-17)16(19)13-6-7-15(20-3)14(18)10-13/h6-7,10,12,16H,4-5,8-9,11H2,1-3H3. The van der Waals surface area contributed by atoms with E-state index in [-0.39, 0.29) is 10.8 Å². The van der Waals surface area contributed by atoms with Crippen LogP contribution in [0.3, 0.4) is 0 Å². The molecule has 1 unspecified atom stereocenters. The van der Waals surface area contributed by atoms with Crippen LogP contribution in [0.4, 0.5) is 0 Å². The summed E-state index contributed by atoms with van der Waals surface area (Å²) in [7, 11) is 1.64. The zero-order chi connectivity index (χ0) is 14.8. The number of halogens is 2. The summed E-state index contributed by atoms with van der Waals surface area (Å²) in [5, 5.41) is 0.684. The molecule has 0 radical (unpaired) electrons. The Hall–Kier alpha value is -0.400. The Morgan fingerprint density at radius 1 is 1.25 bits per heavy atom. The van der Waals surface area contributed by atoms with E-state index in [1.165, 1.54) is 32.1 Å². The lowest BCUT2D eigenvalue weighted by Crippen LogP contribution is -2.24. The van der Waals surface area contributed by atoms with Crippen molar-refractivity contribution in [2.45, 2.75) is 51.3 Å². The molecule has 1 aliphatic carbocycles. The van der Waals surface area contributed by atoms with E-state index in [2.05, 4.69) is 19.9 Å². The molecule has 0 N–H and O–H groups in total. The Kier molecular flexibility index (Phi) is 5.25. The molecule has 0 saturated heterocycles. The van der Waals surface area contributed by atoms with Gasteiger partial charge in [-0.05, 0) is 48.3 Å². The maximum atomic E-state index is 6.88. The van der Waals surface area contributed by atoms with E-state index < -0.39 is 0 Å². The fourth-order valence-corrected chi connectivity index (χ4v) is 4.36. The van der Waals surface area contributed by atoms with Crippen LogP contribution in [0.1, 0.15) is 56.9 Å². The van der Waals surface area contributed by atoms with Gasteiger partial charge in [-0.3, -0.25) is 0 Å². The molecule has 0 heterocycles. The molecular weight excluding hydrogens is 291 g/mol. The predicted molar refractivity (Wildman–Crippen MR) is 87.0 cm³/mol. The maximum Gasteiger partial charge on any atom is 0.137 e. The summed E-state index contributed by atoms with van der Waals surface area (Å²) >= 11 is 13.1. The fourth-order valence-electron chi connectivity index (χ4n) is 3.65. The second-order valence-corrected chi connectivity index (χ2v) is 7.27. The van der Waals surface area contributed by atoms with Crippen LogP contribution in [-0.2, 0) is 0 Å². The van der Waals surface area contributed by atoms with Gasteiger partial charge in [0.2, 0.25) is 0 Å². The number of benzene rings is 1. The molecule has 112 valence electrons. The van der Waals surface area contributed by atoms with Gasteiger partial charge in [-0.25, -0.2) is 0 Å². The molecule has 1 saturated carbocycles. The minimum atomic E-state index is 0.0378. The van der Waals surface area contributed by atoms with Gasteiger partial charge in [0.25, 0.3) is 0 Å². The van der Waals surface area contributed by atoms with Crippen molar-refractivity contribution in [3.8, 4) is 5.75 Å². The third-order valence-electron chi connectivity index (χ3n) is 4.42. The highest BCUT2D eigenvalue weighted by atomic mass is 35.5. The second-order valence-electron chi connectivity index (χ2n) is 6.42. The fraction of sp³-hybridized carbons (Fsp3) is 0.647. The van der Waals surface area contributed by atoms with Crippen LogP contribution in [0.25, 0.3) is 0 Å². The minimum absolute atomic E-state index is 0.0378. The number of hydrogen-bond donors (Lipinski definition) is 0. The van der Waals surface area contributed by atoms with Crippen LogP contribution in [0, 0.1) is 11.3 Å². The molecule has 0 aromatic heterocycles. The molecule has 1 atom stereocenters. The predicted octanol–water partition coefficient (Wildman–Crippen LogP) is 6.24. The van der Waals surface area contributed by atoms with Gasteiger partial charge in [-0.15, -0.1) is 11.6 Å². The average Bonchev–Trinajstić information content (AvgIpc) is 2.86. The first-order valence-electron chi connectivity index (χ1n) is 7.46. The highest BCUT2D eigenvalue weighted by Crippen LogP contribution is 2.55. The molecule has 1 aliphatic rings. The molecule has 3 heteroatoms. The molecule has 0 spiro atoms. The summed E-state index contributed by atoms with van der Waals surface area (Å²) < 4.78 is 5.22. The van der Waals surface area contributed by atoms with Crippen molar-refractivity contribution in [2.24, 2.45) is 11.3 Å². The van der Waals surface area contributed by atoms with E-state index in [1.54, 1.807) is 7.11 Å². The summed E-state index contributed by atoms with van der Waals surface area (Å²) in [6.45, 7) is 4.56. The second kappa shape index (κ2) is 6.58. The highest BCUT2D eigenvalue weighted by Gasteiger charge is 2.41. The molecule has 1 nitrogen and oxygen atoms in total. The summed E-state index contributed by atoms with van der Waals surface area (Å²) in [6.07, 6.45) is 6.22. The molecule has 1 aromatic carbocycles. The Labute approximate surface area is 132 Å². The normalized spacial score (nSPS) is 19.3. The maximum absolute atomic E-state index is 6.88. The van der Waals surface area contributed by atoms with Gasteiger partial charge in [0.1, 0.15) is 5.75 Å². The van der Waals surface area contributed by atoms with Gasteiger partial charge in [0.15, 0.2) is 0 Å². The van der Waals surface area contributed by atoms with Crippen LogP contribution < -0.4 is 4.74 Å². The number of ether oxygens (including phenoxy) is 1. The van der Waals surface area contributed by atoms with Gasteiger partial charge < -0.3 is 4.74 Å². The zero-order valence-corrected chi connectivity index (χ0v) is 14.1. The quantitative estimate of drug-likeness (QED) is 0.585. The van der Waals surface area contributed by atoms with Crippen LogP contribution in [0.5, 0.6) is 5.75 Å². The molecule has 2 rings (SSSR count). The number of hydrogen-bond acceptors (Lipinski definition) is 1. The first-order chi connectivity index (χ1) is 9.48. The van der Waals surface area contributed by atoms with Crippen LogP contribution in [0.2, 0.25) is 5.02 Å². The topological polar surface area (TPSA) is 9.23 Å². The van der Waals surface area contributed by atoms with Gasteiger partial charge in [-0.2, -0.15) is 0 Å². The lowest BCUT2D eigenvalue weighted by atomic mass is 9.73. The van der Waals surface area contributed by atoms with E-state index in [4.69, 9.17) is 27.9 Å². The Balaban J connectivity index is 2.27. The van der Waals surface area contributed by atoms with Crippen LogP contribution in [-0.4, -0.2) is 7.11 Å². The van der Waals surface area contributed by atoms with Gasteiger partial charge in [0, 0.05) is 0 Å². The molecule has 1 fully saturated rings. The molecule has 0 aliphatic heterocycles. The number of methoxy groups -OCH3 is 1. The van der Waals surface area contributed by atoms with Crippen LogP contribution >= 0.6 is 23.2 Å². The van der Waals surface area contributed by atoms with E-state index in [9.17, 15) is 0 Å². The van der Waals surface area contributed by atoms with Gasteiger partial charge >= 0.3 is 0 Å². The molecule has 20 heavy (non-hydrogen) atoms. The lowest BCUT2D eigenvalue weighted by Gasteiger charge is -2.36. The largest absolute Gasteiger partial charge is 0.495 e. The third-order valence-corrected chi connectivity index (χ3v) is 5.43. The van der Waals surface area contributed by atoms with Crippen molar-refractivity contribution in [2.75, 3.05) is 7.11 Å². The smallest absolute Gasteiger partial charge is 0.137 e. The molecule has 0 bridgehead atoms. The van der Waals surface area contributed by atoms with Crippen molar-refractivity contribution in [1.82, 2.24) is 0 Å². The van der Waals surface area contributed by atoms with E-state index in [0.717, 1.165) is 5.56 Å². The zero-order valence-electron chi connectivity index (χ0n) is 12.6. The average molecular weight is 315 g/mol. The van der Waals surface area contributed by atoms with Crippen molar-refractivity contribution in [1.29, 1.82) is 0 Å². The third kappa shape index (κ3) is 3.26. The lowest BCUT2D eigenvalue weighted by molar-refractivity contribution is 0.223. The van der Waals surface area contributed by atoms with Gasteiger partial charge in [0.05, 0.1) is 17.5 Å². The number of rotatable bonds is 5. The molecular formula is C17H24Cl2O. The van der Waals surface area contributed by atoms with Crippen molar-refractivity contribution in [3.63, 3.8) is 0 Å². The summed E-state index contributed by atoms with van der Waals surface area (Å²) in [4.78, 5) is 0. The summed E-state index contributed by atoms with van der Waals surface area (Å²) in [5.41, 5.74) is 1.35. The Morgan fingerprint density at radius 3 is 2.40 bits per heavy atom. The van der Waals surface area contributed by atoms with Crippen LogP contribution in [0.15, 0.2) is 18.2 Å². The molecule has 1 aromatic rings. The van der Waals surface area contributed by atoms with E-state index in [1.807, 2.05) is 12.1 Å².